The molecule has 3 atom stereocenters. The SMILES string of the molecule is CC(=O)NC12CC(CCC1C)C2(C)C. The summed E-state index contributed by atoms with van der Waals surface area (Å²) in [5.41, 5.74) is 0.401. The summed E-state index contributed by atoms with van der Waals surface area (Å²) < 4.78 is 0. The quantitative estimate of drug-likeness (QED) is 0.683. The van der Waals surface area contributed by atoms with Crippen LogP contribution in [0, 0.1) is 17.3 Å². The van der Waals surface area contributed by atoms with Crippen LogP contribution in [0.5, 0.6) is 0 Å². The normalized spacial score (nSPS) is 44.0. The topological polar surface area (TPSA) is 29.1 Å². The number of hydrogen-bond acceptors (Lipinski definition) is 1. The molecular weight excluding hydrogens is 174 g/mol. The van der Waals surface area contributed by atoms with E-state index >= 15 is 0 Å². The highest BCUT2D eigenvalue weighted by Crippen LogP contribution is 2.63. The Kier molecular flexibility index (Phi) is 1.96. The van der Waals surface area contributed by atoms with E-state index in [4.69, 9.17) is 0 Å². The van der Waals surface area contributed by atoms with E-state index in [-0.39, 0.29) is 11.4 Å². The molecule has 0 aromatic heterocycles. The molecule has 0 aromatic rings. The van der Waals surface area contributed by atoms with Gasteiger partial charge in [0, 0.05) is 12.5 Å². The van der Waals surface area contributed by atoms with Crippen molar-refractivity contribution >= 4 is 5.91 Å². The molecule has 14 heavy (non-hydrogen) atoms. The van der Waals surface area contributed by atoms with Gasteiger partial charge >= 0.3 is 0 Å². The largest absolute Gasteiger partial charge is 0.350 e. The maximum atomic E-state index is 11.3. The Balaban J connectivity index is 2.26. The Labute approximate surface area is 86.5 Å². The number of fused-ring (bicyclic) bond motifs is 2. The van der Waals surface area contributed by atoms with Crippen molar-refractivity contribution in [1.82, 2.24) is 5.32 Å². The lowest BCUT2D eigenvalue weighted by Crippen LogP contribution is -2.74. The molecule has 0 heterocycles. The van der Waals surface area contributed by atoms with Gasteiger partial charge in [0.25, 0.3) is 0 Å². The summed E-state index contributed by atoms with van der Waals surface area (Å²) in [4.78, 5) is 11.3. The van der Waals surface area contributed by atoms with Crippen LogP contribution in [0.4, 0.5) is 0 Å². The van der Waals surface area contributed by atoms with Gasteiger partial charge in [-0.1, -0.05) is 20.8 Å². The summed E-state index contributed by atoms with van der Waals surface area (Å²) in [5.74, 6) is 1.59. The first-order chi connectivity index (χ1) is 6.40. The number of rotatable bonds is 1. The van der Waals surface area contributed by atoms with Crippen molar-refractivity contribution in [2.24, 2.45) is 17.3 Å². The summed E-state index contributed by atoms with van der Waals surface area (Å²) in [6, 6.07) is 0. The Morgan fingerprint density at radius 3 is 2.43 bits per heavy atom. The molecule has 80 valence electrons. The van der Waals surface area contributed by atoms with E-state index in [9.17, 15) is 4.79 Å². The van der Waals surface area contributed by atoms with E-state index in [1.165, 1.54) is 19.3 Å². The highest BCUT2D eigenvalue weighted by atomic mass is 16.1. The van der Waals surface area contributed by atoms with E-state index in [0.717, 1.165) is 5.92 Å². The third kappa shape index (κ3) is 0.999. The molecule has 1 amide bonds. The van der Waals surface area contributed by atoms with Crippen molar-refractivity contribution < 1.29 is 4.79 Å². The Hall–Kier alpha value is -0.530. The second-order valence-electron chi connectivity index (χ2n) is 5.75. The van der Waals surface area contributed by atoms with Gasteiger partial charge in [-0.25, -0.2) is 0 Å². The molecule has 2 bridgehead atoms. The van der Waals surface area contributed by atoms with Gasteiger partial charge in [0.2, 0.25) is 5.91 Å². The Bertz CT molecular complexity index is 271. The first-order valence-electron chi connectivity index (χ1n) is 5.69. The molecule has 3 unspecified atom stereocenters. The van der Waals surface area contributed by atoms with Crippen molar-refractivity contribution in [2.45, 2.75) is 52.5 Å². The van der Waals surface area contributed by atoms with Gasteiger partial charge in [0.05, 0.1) is 0 Å². The lowest BCUT2D eigenvalue weighted by Gasteiger charge is -2.68. The van der Waals surface area contributed by atoms with Crippen LogP contribution in [0.15, 0.2) is 0 Å². The van der Waals surface area contributed by atoms with Crippen LogP contribution in [0.3, 0.4) is 0 Å². The standard InChI is InChI=1S/C12H21NO/c1-8-5-6-10-7-12(8,11(10,3)4)13-9(2)14/h8,10H,5-7H2,1-4H3,(H,13,14). The second kappa shape index (κ2) is 2.74. The minimum Gasteiger partial charge on any atom is -0.350 e. The molecule has 0 spiro atoms. The van der Waals surface area contributed by atoms with Gasteiger partial charge in [-0.2, -0.15) is 0 Å². The van der Waals surface area contributed by atoms with Crippen molar-refractivity contribution in [1.29, 1.82) is 0 Å². The summed E-state index contributed by atoms with van der Waals surface area (Å²) in [6.07, 6.45) is 3.81. The van der Waals surface area contributed by atoms with Gasteiger partial charge < -0.3 is 5.32 Å². The van der Waals surface area contributed by atoms with Crippen LogP contribution in [0.25, 0.3) is 0 Å². The molecule has 0 radical (unpaired) electrons. The highest BCUT2D eigenvalue weighted by molar-refractivity contribution is 5.74. The van der Waals surface area contributed by atoms with E-state index < -0.39 is 0 Å². The van der Waals surface area contributed by atoms with E-state index in [1.807, 2.05) is 0 Å². The molecule has 3 aliphatic rings. The van der Waals surface area contributed by atoms with Crippen LogP contribution in [-0.4, -0.2) is 11.4 Å². The zero-order valence-electron chi connectivity index (χ0n) is 9.68. The van der Waals surface area contributed by atoms with Crippen molar-refractivity contribution in [2.75, 3.05) is 0 Å². The zero-order chi connectivity index (χ0) is 10.6. The number of nitrogens with one attached hydrogen (secondary N) is 1. The third-order valence-electron chi connectivity index (χ3n) is 4.93. The van der Waals surface area contributed by atoms with Crippen molar-refractivity contribution in [3.8, 4) is 0 Å². The fourth-order valence-electron chi connectivity index (χ4n) is 3.79. The lowest BCUT2D eigenvalue weighted by molar-refractivity contribution is -0.159. The minimum atomic E-state index is 0.0990. The Morgan fingerprint density at radius 2 is 2.00 bits per heavy atom. The van der Waals surface area contributed by atoms with E-state index in [0.29, 0.717) is 11.3 Å². The van der Waals surface area contributed by atoms with Gasteiger partial charge in [-0.3, -0.25) is 4.79 Å². The molecule has 2 nitrogen and oxygen atoms in total. The van der Waals surface area contributed by atoms with Crippen molar-refractivity contribution in [3.05, 3.63) is 0 Å². The average molecular weight is 195 g/mol. The molecule has 3 rings (SSSR count). The number of carbonyl (C=O) groups excluding carboxylic acids is 1. The first-order valence-corrected chi connectivity index (χ1v) is 5.69. The van der Waals surface area contributed by atoms with Crippen LogP contribution < -0.4 is 5.32 Å². The maximum absolute atomic E-state index is 11.3. The second-order valence-corrected chi connectivity index (χ2v) is 5.75. The minimum absolute atomic E-state index is 0.0990. The third-order valence-corrected chi connectivity index (χ3v) is 4.93. The molecule has 0 saturated heterocycles. The van der Waals surface area contributed by atoms with Crippen LogP contribution in [-0.2, 0) is 4.79 Å². The van der Waals surface area contributed by atoms with E-state index in [1.54, 1.807) is 6.92 Å². The van der Waals surface area contributed by atoms with Gasteiger partial charge in [-0.05, 0) is 36.5 Å². The lowest BCUT2D eigenvalue weighted by atomic mass is 9.41. The summed E-state index contributed by atoms with van der Waals surface area (Å²) >= 11 is 0. The highest BCUT2D eigenvalue weighted by Gasteiger charge is 2.64. The number of carbonyl (C=O) groups is 1. The number of hydrogen-bond donors (Lipinski definition) is 1. The fraction of sp³-hybridized carbons (Fsp3) is 0.917. The van der Waals surface area contributed by atoms with Gasteiger partial charge in [0.15, 0.2) is 0 Å². The van der Waals surface area contributed by atoms with E-state index in [2.05, 4.69) is 26.1 Å². The molecule has 0 aromatic carbocycles. The molecule has 3 aliphatic carbocycles. The Morgan fingerprint density at radius 1 is 1.36 bits per heavy atom. The fourth-order valence-corrected chi connectivity index (χ4v) is 3.79. The molecular formula is C12H21NO. The summed E-state index contributed by atoms with van der Waals surface area (Å²) in [5, 5.41) is 3.23. The zero-order valence-corrected chi connectivity index (χ0v) is 9.68. The summed E-state index contributed by atoms with van der Waals surface area (Å²) in [7, 11) is 0. The monoisotopic (exact) mass is 195 g/mol. The first kappa shape index (κ1) is 10.0. The average Bonchev–Trinajstić information content (AvgIpc) is 2.07. The summed E-state index contributed by atoms with van der Waals surface area (Å²) in [6.45, 7) is 8.55. The molecule has 2 heteroatoms. The van der Waals surface area contributed by atoms with Crippen LogP contribution in [0.2, 0.25) is 0 Å². The molecule has 3 fully saturated rings. The number of amides is 1. The van der Waals surface area contributed by atoms with Gasteiger partial charge in [-0.15, -0.1) is 0 Å². The molecule has 3 saturated carbocycles. The maximum Gasteiger partial charge on any atom is 0.217 e. The van der Waals surface area contributed by atoms with Crippen molar-refractivity contribution in [3.63, 3.8) is 0 Å². The predicted molar refractivity (Wildman–Crippen MR) is 56.8 cm³/mol. The van der Waals surface area contributed by atoms with Crippen LogP contribution >= 0.6 is 0 Å². The smallest absolute Gasteiger partial charge is 0.217 e. The predicted octanol–water partition coefficient (Wildman–Crippen LogP) is 2.34. The van der Waals surface area contributed by atoms with Crippen LogP contribution in [0.1, 0.15) is 47.0 Å². The molecule has 1 N–H and O–H groups in total. The van der Waals surface area contributed by atoms with Gasteiger partial charge in [0.1, 0.15) is 0 Å². The molecule has 0 aliphatic heterocycles.